The summed E-state index contributed by atoms with van der Waals surface area (Å²) in [4.78, 5) is 27.6. The summed E-state index contributed by atoms with van der Waals surface area (Å²) in [6.45, 7) is 3.10. The average Bonchev–Trinajstić information content (AvgIpc) is 3.69. The van der Waals surface area contributed by atoms with Gasteiger partial charge in [-0.3, -0.25) is 9.59 Å². The molecule has 2 atom stereocenters. The Morgan fingerprint density at radius 3 is 2.69 bits per heavy atom. The first kappa shape index (κ1) is 23.3. The minimum atomic E-state index is -0.120. The van der Waals surface area contributed by atoms with Crippen molar-refractivity contribution in [2.24, 2.45) is 11.8 Å². The molecule has 176 valence electrons. The van der Waals surface area contributed by atoms with Crippen LogP contribution < -0.4 is 15.4 Å². The van der Waals surface area contributed by atoms with Gasteiger partial charge in [-0.05, 0) is 49.8 Å². The molecule has 1 aliphatic heterocycles. The number of carbonyl (C=O) groups is 2. The first-order valence-corrected chi connectivity index (χ1v) is 12.1. The van der Waals surface area contributed by atoms with Gasteiger partial charge in [0.05, 0.1) is 17.5 Å². The maximum Gasteiger partial charge on any atom is 0.227 e. The van der Waals surface area contributed by atoms with Gasteiger partial charge in [-0.2, -0.15) is 0 Å². The van der Waals surface area contributed by atoms with Crippen LogP contribution in [0.15, 0.2) is 18.2 Å². The van der Waals surface area contributed by atoms with E-state index in [0.29, 0.717) is 49.5 Å². The molecule has 32 heavy (non-hydrogen) atoms. The Bertz CT molecular complexity index is 812. The van der Waals surface area contributed by atoms with E-state index in [2.05, 4.69) is 10.6 Å². The third-order valence-electron chi connectivity index (χ3n) is 6.36. The SMILES string of the molecule is COCCCOc1cc(CN(C(=O)C2CNCC(NC(=O)C3CC3)C2)C2CC2)ccc1Cl. The fourth-order valence-corrected chi connectivity index (χ4v) is 4.42. The van der Waals surface area contributed by atoms with Crippen LogP contribution in [0.4, 0.5) is 0 Å². The van der Waals surface area contributed by atoms with E-state index in [1.165, 1.54) is 0 Å². The highest BCUT2D eigenvalue weighted by atomic mass is 35.5. The quantitative estimate of drug-likeness (QED) is 0.493. The van der Waals surface area contributed by atoms with Gasteiger partial charge in [0.25, 0.3) is 0 Å². The maximum absolute atomic E-state index is 13.5. The molecule has 0 spiro atoms. The van der Waals surface area contributed by atoms with E-state index in [0.717, 1.165) is 44.2 Å². The van der Waals surface area contributed by atoms with Gasteiger partial charge < -0.3 is 25.0 Å². The zero-order valence-corrected chi connectivity index (χ0v) is 19.5. The molecule has 2 unspecified atom stereocenters. The van der Waals surface area contributed by atoms with Gasteiger partial charge in [-0.25, -0.2) is 0 Å². The fourth-order valence-electron chi connectivity index (χ4n) is 4.25. The monoisotopic (exact) mass is 463 g/mol. The zero-order valence-electron chi connectivity index (χ0n) is 18.8. The molecular formula is C24H34ClN3O4. The topological polar surface area (TPSA) is 79.9 Å². The largest absolute Gasteiger partial charge is 0.492 e. The van der Waals surface area contributed by atoms with Crippen molar-refractivity contribution >= 4 is 23.4 Å². The summed E-state index contributed by atoms with van der Waals surface area (Å²) in [6.07, 6.45) is 5.55. The third kappa shape index (κ3) is 6.36. The van der Waals surface area contributed by atoms with Crippen molar-refractivity contribution in [1.82, 2.24) is 15.5 Å². The van der Waals surface area contributed by atoms with Crippen LogP contribution in [0.3, 0.4) is 0 Å². The number of amides is 2. The number of hydrogen-bond donors (Lipinski definition) is 2. The van der Waals surface area contributed by atoms with E-state index < -0.39 is 0 Å². The van der Waals surface area contributed by atoms with E-state index in [1.54, 1.807) is 7.11 Å². The molecule has 8 heteroatoms. The predicted molar refractivity (Wildman–Crippen MR) is 123 cm³/mol. The minimum absolute atomic E-state index is 0.0227. The van der Waals surface area contributed by atoms with Crippen molar-refractivity contribution in [1.29, 1.82) is 0 Å². The van der Waals surface area contributed by atoms with Crippen LogP contribution in [-0.4, -0.2) is 62.2 Å². The second-order valence-electron chi connectivity index (χ2n) is 9.23. The number of nitrogens with zero attached hydrogens (tertiary/aromatic N) is 1. The molecule has 2 saturated carbocycles. The summed E-state index contributed by atoms with van der Waals surface area (Å²) in [7, 11) is 1.67. The first-order chi connectivity index (χ1) is 15.5. The number of ether oxygens (including phenoxy) is 2. The van der Waals surface area contributed by atoms with Gasteiger partial charge in [0.15, 0.2) is 0 Å². The van der Waals surface area contributed by atoms with Crippen molar-refractivity contribution in [3.8, 4) is 5.75 Å². The van der Waals surface area contributed by atoms with Crippen LogP contribution in [0, 0.1) is 11.8 Å². The molecule has 4 rings (SSSR count). The average molecular weight is 464 g/mol. The molecule has 2 amide bonds. The molecule has 0 radical (unpaired) electrons. The zero-order chi connectivity index (χ0) is 22.5. The summed E-state index contributed by atoms with van der Waals surface area (Å²) in [6, 6.07) is 6.06. The normalized spacial score (nSPS) is 22.9. The molecule has 1 aromatic carbocycles. The summed E-state index contributed by atoms with van der Waals surface area (Å²) in [5.74, 6) is 1.02. The van der Waals surface area contributed by atoms with Gasteiger partial charge in [0.1, 0.15) is 5.75 Å². The van der Waals surface area contributed by atoms with Gasteiger partial charge in [0.2, 0.25) is 11.8 Å². The lowest BCUT2D eigenvalue weighted by Crippen LogP contribution is -2.53. The highest BCUT2D eigenvalue weighted by Gasteiger charge is 2.39. The number of halogens is 1. The van der Waals surface area contributed by atoms with Crippen LogP contribution in [0.2, 0.25) is 5.02 Å². The highest BCUT2D eigenvalue weighted by Crippen LogP contribution is 2.33. The molecule has 0 aromatic heterocycles. The van der Waals surface area contributed by atoms with Crippen LogP contribution in [0.1, 0.15) is 44.1 Å². The number of carbonyl (C=O) groups excluding carboxylic acids is 2. The van der Waals surface area contributed by atoms with Crippen LogP contribution in [0.25, 0.3) is 0 Å². The summed E-state index contributed by atoms with van der Waals surface area (Å²) in [5, 5.41) is 7.05. The van der Waals surface area contributed by atoms with E-state index in [1.807, 2.05) is 23.1 Å². The number of methoxy groups -OCH3 is 1. The lowest BCUT2D eigenvalue weighted by Gasteiger charge is -2.34. The lowest BCUT2D eigenvalue weighted by atomic mass is 9.93. The van der Waals surface area contributed by atoms with Crippen LogP contribution >= 0.6 is 11.6 Å². The van der Waals surface area contributed by atoms with Crippen molar-refractivity contribution in [3.63, 3.8) is 0 Å². The molecular weight excluding hydrogens is 430 g/mol. The first-order valence-electron chi connectivity index (χ1n) is 11.8. The fraction of sp³-hybridized carbons (Fsp3) is 0.667. The Kier molecular flexibility index (Phi) is 7.92. The molecule has 1 aromatic rings. The number of benzene rings is 1. The van der Waals surface area contributed by atoms with E-state index in [4.69, 9.17) is 21.1 Å². The Morgan fingerprint density at radius 1 is 1.16 bits per heavy atom. The van der Waals surface area contributed by atoms with E-state index in [9.17, 15) is 9.59 Å². The molecule has 3 aliphatic rings. The highest BCUT2D eigenvalue weighted by molar-refractivity contribution is 6.32. The third-order valence-corrected chi connectivity index (χ3v) is 6.68. The maximum atomic E-state index is 13.5. The number of hydrogen-bond acceptors (Lipinski definition) is 5. The molecule has 1 saturated heterocycles. The second kappa shape index (κ2) is 10.9. The van der Waals surface area contributed by atoms with Gasteiger partial charge in [-0.1, -0.05) is 17.7 Å². The number of piperidine rings is 1. The standard InChI is InChI=1S/C24H34ClN3O4/c1-31-9-2-10-32-22-11-16(3-8-21(22)25)15-28(20-6-7-20)24(30)18-12-19(14-26-13-18)27-23(29)17-4-5-17/h3,8,11,17-20,26H,2,4-7,9-10,12-15H2,1H3,(H,27,29). The van der Waals surface area contributed by atoms with Crippen molar-refractivity contribution in [2.75, 3.05) is 33.4 Å². The molecule has 2 aliphatic carbocycles. The van der Waals surface area contributed by atoms with Crippen molar-refractivity contribution in [2.45, 2.75) is 57.2 Å². The Hall–Kier alpha value is -1.83. The number of rotatable bonds is 11. The van der Waals surface area contributed by atoms with Crippen LogP contribution in [-0.2, 0) is 20.9 Å². The molecule has 0 bridgehead atoms. The summed E-state index contributed by atoms with van der Waals surface area (Å²) in [5.41, 5.74) is 1.01. The Morgan fingerprint density at radius 2 is 1.97 bits per heavy atom. The predicted octanol–water partition coefficient (Wildman–Crippen LogP) is 2.75. The lowest BCUT2D eigenvalue weighted by molar-refractivity contribution is -0.138. The van der Waals surface area contributed by atoms with Crippen molar-refractivity contribution < 1.29 is 19.1 Å². The van der Waals surface area contributed by atoms with E-state index >= 15 is 0 Å². The molecule has 3 fully saturated rings. The van der Waals surface area contributed by atoms with Crippen molar-refractivity contribution in [3.05, 3.63) is 28.8 Å². The van der Waals surface area contributed by atoms with Gasteiger partial charge in [0, 0.05) is 57.8 Å². The molecule has 7 nitrogen and oxygen atoms in total. The Balaban J connectivity index is 1.37. The molecule has 1 heterocycles. The van der Waals surface area contributed by atoms with E-state index in [-0.39, 0.29) is 29.7 Å². The Labute approximate surface area is 195 Å². The second-order valence-corrected chi connectivity index (χ2v) is 9.63. The van der Waals surface area contributed by atoms with Gasteiger partial charge >= 0.3 is 0 Å². The summed E-state index contributed by atoms with van der Waals surface area (Å²) >= 11 is 6.31. The minimum Gasteiger partial charge on any atom is -0.492 e. The van der Waals surface area contributed by atoms with Crippen LogP contribution in [0.5, 0.6) is 5.75 Å². The summed E-state index contributed by atoms with van der Waals surface area (Å²) < 4.78 is 10.9. The molecule has 2 N–H and O–H groups in total. The van der Waals surface area contributed by atoms with Gasteiger partial charge in [-0.15, -0.1) is 0 Å². The number of nitrogens with one attached hydrogen (secondary N) is 2. The smallest absolute Gasteiger partial charge is 0.227 e.